The number of hydrogen-bond acceptors (Lipinski definition) is 3. The molecule has 0 amide bonds. The zero-order chi connectivity index (χ0) is 9.14. The van der Waals surface area contributed by atoms with Crippen molar-refractivity contribution >= 4 is 0 Å². The van der Waals surface area contributed by atoms with Gasteiger partial charge in [-0.3, -0.25) is 4.90 Å². The van der Waals surface area contributed by atoms with Crippen LogP contribution in [0.15, 0.2) is 0 Å². The molecule has 0 aromatic heterocycles. The number of likely N-dealkylation sites (N-methyl/N-ethyl adjacent to an activating group) is 1. The molecule has 1 fully saturated rings. The predicted octanol–water partition coefficient (Wildman–Crippen LogP) is 0.0494. The monoisotopic (exact) mass is 172 g/mol. The van der Waals surface area contributed by atoms with Crippen molar-refractivity contribution in [2.45, 2.75) is 39.0 Å². The van der Waals surface area contributed by atoms with Crippen LogP contribution in [0.2, 0.25) is 0 Å². The summed E-state index contributed by atoms with van der Waals surface area (Å²) in [6.45, 7) is 9.14. The molecule has 2 atom stereocenters. The summed E-state index contributed by atoms with van der Waals surface area (Å²) in [6.07, 6.45) is -0.188. The van der Waals surface area contributed by atoms with E-state index in [1.165, 1.54) is 0 Å². The first kappa shape index (κ1) is 9.96. The van der Waals surface area contributed by atoms with Crippen LogP contribution in [0.1, 0.15) is 20.8 Å². The number of β-amino-alcohol motifs (C(OH)–C–C–N with tert-alkyl or cyclic N) is 1. The average molecular weight is 172 g/mol. The molecule has 0 unspecified atom stereocenters. The third kappa shape index (κ3) is 2.19. The molecule has 0 aromatic rings. The lowest BCUT2D eigenvalue weighted by Crippen LogP contribution is -2.39. The smallest absolute Gasteiger partial charge is 0.0832 e. The number of likely N-dealkylation sites (tertiary alicyclic amines) is 1. The van der Waals surface area contributed by atoms with Crippen LogP contribution in [0.25, 0.3) is 0 Å². The van der Waals surface area contributed by atoms with E-state index in [1.807, 2.05) is 0 Å². The Bertz CT molecular complexity index is 138. The first-order valence-electron chi connectivity index (χ1n) is 4.80. The quantitative estimate of drug-likeness (QED) is 0.631. The molecule has 1 heterocycles. The van der Waals surface area contributed by atoms with Crippen LogP contribution < -0.4 is 5.32 Å². The molecular weight excluding hydrogens is 152 g/mol. The van der Waals surface area contributed by atoms with E-state index in [-0.39, 0.29) is 12.1 Å². The Morgan fingerprint density at radius 2 is 2.17 bits per heavy atom. The van der Waals surface area contributed by atoms with E-state index < -0.39 is 0 Å². The maximum atomic E-state index is 9.64. The standard InChI is InChI=1S/C9H20N2O/c1-4-10-8-5-11(7(2)3)6-9(8)12/h7-10,12H,4-6H2,1-3H3/t8-,9+/m0/s1. The Hall–Kier alpha value is -0.120. The molecule has 0 aromatic carbocycles. The van der Waals surface area contributed by atoms with Crippen LogP contribution in [-0.4, -0.2) is 47.8 Å². The largest absolute Gasteiger partial charge is 0.390 e. The first-order chi connectivity index (χ1) is 5.65. The van der Waals surface area contributed by atoms with Gasteiger partial charge in [-0.15, -0.1) is 0 Å². The summed E-state index contributed by atoms with van der Waals surface area (Å²) in [7, 11) is 0. The molecule has 1 rings (SSSR count). The van der Waals surface area contributed by atoms with Crippen LogP contribution in [0.3, 0.4) is 0 Å². The van der Waals surface area contributed by atoms with Crippen molar-refractivity contribution in [1.29, 1.82) is 0 Å². The van der Waals surface area contributed by atoms with Crippen LogP contribution in [-0.2, 0) is 0 Å². The van der Waals surface area contributed by atoms with E-state index >= 15 is 0 Å². The second-order valence-corrected chi connectivity index (χ2v) is 3.78. The van der Waals surface area contributed by atoms with E-state index in [1.54, 1.807) is 0 Å². The van der Waals surface area contributed by atoms with Crippen LogP contribution >= 0.6 is 0 Å². The highest BCUT2D eigenvalue weighted by Gasteiger charge is 2.31. The summed E-state index contributed by atoms with van der Waals surface area (Å²) in [5, 5.41) is 12.9. The van der Waals surface area contributed by atoms with Gasteiger partial charge in [-0.2, -0.15) is 0 Å². The lowest BCUT2D eigenvalue weighted by atomic mass is 10.2. The number of nitrogens with zero attached hydrogens (tertiary/aromatic N) is 1. The molecule has 72 valence electrons. The van der Waals surface area contributed by atoms with Crippen molar-refractivity contribution in [2.75, 3.05) is 19.6 Å². The third-order valence-corrected chi connectivity index (χ3v) is 2.51. The molecule has 3 nitrogen and oxygen atoms in total. The highest BCUT2D eigenvalue weighted by molar-refractivity contribution is 4.89. The van der Waals surface area contributed by atoms with Gasteiger partial charge < -0.3 is 10.4 Å². The average Bonchev–Trinajstić information content (AvgIpc) is 2.34. The van der Waals surface area contributed by atoms with Crippen molar-refractivity contribution in [3.05, 3.63) is 0 Å². The molecule has 2 N–H and O–H groups in total. The predicted molar refractivity (Wildman–Crippen MR) is 50.2 cm³/mol. The van der Waals surface area contributed by atoms with Gasteiger partial charge in [0.25, 0.3) is 0 Å². The normalized spacial score (nSPS) is 31.8. The van der Waals surface area contributed by atoms with Gasteiger partial charge in [-0.1, -0.05) is 6.92 Å². The zero-order valence-electron chi connectivity index (χ0n) is 8.25. The lowest BCUT2D eigenvalue weighted by Gasteiger charge is -2.19. The fraction of sp³-hybridized carbons (Fsp3) is 1.00. The SMILES string of the molecule is CCN[C@H]1CN(C(C)C)C[C@H]1O. The highest BCUT2D eigenvalue weighted by Crippen LogP contribution is 2.12. The number of aliphatic hydroxyl groups excluding tert-OH is 1. The third-order valence-electron chi connectivity index (χ3n) is 2.51. The summed E-state index contributed by atoms with van der Waals surface area (Å²) in [5.41, 5.74) is 0. The second-order valence-electron chi connectivity index (χ2n) is 3.78. The summed E-state index contributed by atoms with van der Waals surface area (Å²) < 4.78 is 0. The van der Waals surface area contributed by atoms with E-state index in [4.69, 9.17) is 0 Å². The minimum absolute atomic E-state index is 0.188. The first-order valence-corrected chi connectivity index (χ1v) is 4.80. The minimum Gasteiger partial charge on any atom is -0.390 e. The van der Waals surface area contributed by atoms with Crippen LogP contribution in [0.5, 0.6) is 0 Å². The summed E-state index contributed by atoms with van der Waals surface area (Å²) >= 11 is 0. The number of aliphatic hydroxyl groups is 1. The Morgan fingerprint density at radius 1 is 1.50 bits per heavy atom. The molecule has 0 saturated carbocycles. The van der Waals surface area contributed by atoms with Gasteiger partial charge in [0, 0.05) is 25.2 Å². The van der Waals surface area contributed by atoms with E-state index in [2.05, 4.69) is 31.0 Å². The van der Waals surface area contributed by atoms with Gasteiger partial charge in [0.1, 0.15) is 0 Å². The Kier molecular flexibility index (Phi) is 3.50. The molecule has 3 heteroatoms. The Labute approximate surface area is 74.8 Å². The van der Waals surface area contributed by atoms with Crippen molar-refractivity contribution in [1.82, 2.24) is 10.2 Å². The maximum Gasteiger partial charge on any atom is 0.0832 e. The number of rotatable bonds is 3. The second kappa shape index (κ2) is 4.21. The van der Waals surface area contributed by atoms with Gasteiger partial charge in [-0.25, -0.2) is 0 Å². The van der Waals surface area contributed by atoms with Crippen molar-refractivity contribution in [2.24, 2.45) is 0 Å². The van der Waals surface area contributed by atoms with Gasteiger partial charge in [0.05, 0.1) is 6.10 Å². The minimum atomic E-state index is -0.188. The number of hydrogen-bond donors (Lipinski definition) is 2. The molecule has 0 bridgehead atoms. The number of nitrogens with one attached hydrogen (secondary N) is 1. The molecule has 1 saturated heterocycles. The summed E-state index contributed by atoms with van der Waals surface area (Å²) in [4.78, 5) is 2.30. The highest BCUT2D eigenvalue weighted by atomic mass is 16.3. The Morgan fingerprint density at radius 3 is 2.58 bits per heavy atom. The summed E-state index contributed by atoms with van der Waals surface area (Å²) in [6, 6.07) is 0.820. The molecule has 1 aliphatic rings. The zero-order valence-corrected chi connectivity index (χ0v) is 8.25. The molecule has 1 aliphatic heterocycles. The van der Waals surface area contributed by atoms with Crippen molar-refractivity contribution in [3.63, 3.8) is 0 Å². The van der Waals surface area contributed by atoms with Gasteiger partial charge in [-0.05, 0) is 20.4 Å². The molecule has 0 spiro atoms. The van der Waals surface area contributed by atoms with Crippen molar-refractivity contribution < 1.29 is 5.11 Å². The summed E-state index contributed by atoms with van der Waals surface area (Å²) in [5.74, 6) is 0. The lowest BCUT2D eigenvalue weighted by molar-refractivity contribution is 0.149. The van der Waals surface area contributed by atoms with Crippen molar-refractivity contribution in [3.8, 4) is 0 Å². The fourth-order valence-corrected chi connectivity index (χ4v) is 1.70. The topological polar surface area (TPSA) is 35.5 Å². The van der Waals surface area contributed by atoms with Crippen LogP contribution in [0.4, 0.5) is 0 Å². The van der Waals surface area contributed by atoms with Crippen LogP contribution in [0, 0.1) is 0 Å². The molecule has 12 heavy (non-hydrogen) atoms. The van der Waals surface area contributed by atoms with Gasteiger partial charge >= 0.3 is 0 Å². The van der Waals surface area contributed by atoms with E-state index in [9.17, 15) is 5.11 Å². The maximum absolute atomic E-state index is 9.64. The molecule has 0 aliphatic carbocycles. The van der Waals surface area contributed by atoms with E-state index in [0.717, 1.165) is 19.6 Å². The molecular formula is C9H20N2O. The molecule has 0 radical (unpaired) electrons. The van der Waals surface area contributed by atoms with E-state index in [0.29, 0.717) is 6.04 Å². The fourth-order valence-electron chi connectivity index (χ4n) is 1.70. The van der Waals surface area contributed by atoms with Gasteiger partial charge in [0.15, 0.2) is 0 Å². The van der Waals surface area contributed by atoms with Gasteiger partial charge in [0.2, 0.25) is 0 Å². The Balaban J connectivity index is 2.39.